The fourth-order valence-electron chi connectivity index (χ4n) is 4.79. The van der Waals surface area contributed by atoms with Crippen LogP contribution in [0.15, 0.2) is 36.4 Å². The molecule has 0 bridgehead atoms. The van der Waals surface area contributed by atoms with Crippen LogP contribution in [0.1, 0.15) is 37.9 Å². The standard InChI is InChI=1S/C25H13Cl5N2O5/c1-9-2-4-11(7-12(9)26)31-21(10-3-5-13-14(6-10)37-8-36-13)22(25(31)35)32-23(33)15-16(24(32)34)18(28)20(30)19(29)17(15)27/h2-7,21-22H,8H2,1H3/t21-,22+/m1/s1. The molecule has 3 amide bonds. The van der Waals surface area contributed by atoms with Gasteiger partial charge in [0, 0.05) is 10.7 Å². The van der Waals surface area contributed by atoms with Crippen molar-refractivity contribution in [1.29, 1.82) is 0 Å². The SMILES string of the molecule is Cc1ccc(N2C(=O)[C@@H](N3C(=O)c4c(Cl)c(Cl)c(Cl)c(Cl)c4C3=O)[C@H]2c2ccc3c(c2)OCO3)cc1Cl. The Hall–Kier alpha value is -2.68. The molecule has 1 fully saturated rings. The molecule has 0 N–H and O–H groups in total. The molecule has 1 saturated heterocycles. The van der Waals surface area contributed by atoms with Gasteiger partial charge < -0.3 is 14.4 Å². The summed E-state index contributed by atoms with van der Waals surface area (Å²) in [4.78, 5) is 43.1. The fourth-order valence-corrected chi connectivity index (χ4v) is 5.98. The molecule has 0 saturated carbocycles. The number of hydrogen-bond donors (Lipinski definition) is 0. The van der Waals surface area contributed by atoms with Crippen LogP contribution in [-0.4, -0.2) is 35.5 Å². The van der Waals surface area contributed by atoms with Gasteiger partial charge in [-0.15, -0.1) is 0 Å². The molecule has 12 heteroatoms. The first-order chi connectivity index (χ1) is 17.6. The molecular weight excluding hydrogens is 586 g/mol. The number of amides is 3. The number of benzene rings is 3. The van der Waals surface area contributed by atoms with Gasteiger partial charge in [0.05, 0.1) is 37.3 Å². The van der Waals surface area contributed by atoms with Crippen molar-refractivity contribution in [2.75, 3.05) is 11.7 Å². The number of rotatable bonds is 3. The fraction of sp³-hybridized carbons (Fsp3) is 0.160. The van der Waals surface area contributed by atoms with Gasteiger partial charge in [0.2, 0.25) is 6.79 Å². The minimum Gasteiger partial charge on any atom is -0.454 e. The molecule has 0 radical (unpaired) electrons. The van der Waals surface area contributed by atoms with Crippen molar-refractivity contribution >= 4 is 81.4 Å². The highest BCUT2D eigenvalue weighted by Gasteiger charge is 2.58. The average Bonchev–Trinajstić information content (AvgIpc) is 3.44. The van der Waals surface area contributed by atoms with Gasteiger partial charge >= 0.3 is 0 Å². The van der Waals surface area contributed by atoms with Gasteiger partial charge in [0.1, 0.15) is 6.04 Å². The number of fused-ring (bicyclic) bond motifs is 2. The molecule has 0 aromatic heterocycles. The van der Waals surface area contributed by atoms with Gasteiger partial charge in [-0.3, -0.25) is 19.3 Å². The van der Waals surface area contributed by atoms with E-state index in [0.29, 0.717) is 27.8 Å². The van der Waals surface area contributed by atoms with E-state index in [1.165, 1.54) is 4.90 Å². The number of ether oxygens (including phenoxy) is 2. The lowest BCUT2D eigenvalue weighted by molar-refractivity contribution is -0.130. The Balaban J connectivity index is 1.48. The number of halogens is 5. The zero-order chi connectivity index (χ0) is 26.3. The van der Waals surface area contributed by atoms with E-state index in [4.69, 9.17) is 67.5 Å². The summed E-state index contributed by atoms with van der Waals surface area (Å²) in [5.74, 6) is -1.07. The highest BCUT2D eigenvalue weighted by molar-refractivity contribution is 6.55. The molecule has 3 aromatic carbocycles. The largest absolute Gasteiger partial charge is 0.454 e. The Kier molecular flexibility index (Phi) is 5.78. The van der Waals surface area contributed by atoms with E-state index in [0.717, 1.165) is 10.5 Å². The monoisotopic (exact) mass is 596 g/mol. The third-order valence-corrected chi connectivity index (χ3v) is 8.86. The minimum atomic E-state index is -1.21. The number of hydrogen-bond acceptors (Lipinski definition) is 5. The lowest BCUT2D eigenvalue weighted by atomic mass is 9.86. The van der Waals surface area contributed by atoms with E-state index in [1.54, 1.807) is 36.4 Å². The van der Waals surface area contributed by atoms with Gasteiger partial charge in [-0.25, -0.2) is 0 Å². The quantitative estimate of drug-likeness (QED) is 0.144. The van der Waals surface area contributed by atoms with Crippen LogP contribution < -0.4 is 14.4 Å². The molecule has 7 nitrogen and oxygen atoms in total. The van der Waals surface area contributed by atoms with Crippen molar-refractivity contribution in [3.8, 4) is 11.5 Å². The zero-order valence-corrected chi connectivity index (χ0v) is 22.4. The first-order valence-corrected chi connectivity index (χ1v) is 12.7. The van der Waals surface area contributed by atoms with Crippen LogP contribution in [0.25, 0.3) is 0 Å². The van der Waals surface area contributed by atoms with Crippen molar-refractivity contribution in [2.24, 2.45) is 0 Å². The molecule has 37 heavy (non-hydrogen) atoms. The summed E-state index contributed by atoms with van der Waals surface area (Å²) in [5, 5.41) is -0.265. The lowest BCUT2D eigenvalue weighted by Gasteiger charge is -2.49. The van der Waals surface area contributed by atoms with Crippen LogP contribution in [0.4, 0.5) is 5.69 Å². The summed E-state index contributed by atoms with van der Waals surface area (Å²) in [6.45, 7) is 1.89. The number of nitrogens with zero attached hydrogens (tertiary/aromatic N) is 2. The maximum atomic E-state index is 13.7. The van der Waals surface area contributed by atoms with Crippen LogP contribution in [0.3, 0.4) is 0 Å². The second kappa shape index (κ2) is 8.68. The van der Waals surface area contributed by atoms with E-state index >= 15 is 0 Å². The molecule has 3 heterocycles. The third kappa shape index (κ3) is 3.45. The number of carbonyl (C=O) groups excluding carboxylic acids is 3. The summed E-state index contributed by atoms with van der Waals surface area (Å²) < 4.78 is 10.9. The lowest BCUT2D eigenvalue weighted by Crippen LogP contribution is -2.67. The maximum Gasteiger partial charge on any atom is 0.264 e. The van der Waals surface area contributed by atoms with E-state index in [9.17, 15) is 14.4 Å². The van der Waals surface area contributed by atoms with Gasteiger partial charge in [0.25, 0.3) is 17.7 Å². The van der Waals surface area contributed by atoms with Crippen LogP contribution in [0, 0.1) is 6.92 Å². The van der Waals surface area contributed by atoms with Crippen LogP contribution in [0.5, 0.6) is 11.5 Å². The summed E-state index contributed by atoms with van der Waals surface area (Å²) in [6.07, 6.45) is 0. The molecule has 2 atom stereocenters. The molecule has 0 aliphatic carbocycles. The van der Waals surface area contributed by atoms with Crippen molar-refractivity contribution in [2.45, 2.75) is 19.0 Å². The first kappa shape index (κ1) is 24.6. The Bertz CT molecular complexity index is 1530. The van der Waals surface area contributed by atoms with Crippen molar-refractivity contribution < 1.29 is 23.9 Å². The predicted molar refractivity (Wildman–Crippen MR) is 140 cm³/mol. The summed E-state index contributed by atoms with van der Waals surface area (Å²) >= 11 is 31.2. The molecule has 3 aliphatic rings. The summed E-state index contributed by atoms with van der Waals surface area (Å²) in [5.41, 5.74) is 1.54. The summed E-state index contributed by atoms with van der Waals surface area (Å²) in [7, 11) is 0. The minimum absolute atomic E-state index is 0.0556. The Labute approximate surface area is 235 Å². The highest BCUT2D eigenvalue weighted by Crippen LogP contribution is 2.50. The van der Waals surface area contributed by atoms with Crippen LogP contribution >= 0.6 is 58.0 Å². The van der Waals surface area contributed by atoms with Crippen molar-refractivity contribution in [1.82, 2.24) is 4.90 Å². The van der Waals surface area contributed by atoms with Crippen molar-refractivity contribution in [3.05, 3.63) is 83.8 Å². The topological polar surface area (TPSA) is 76.2 Å². The average molecular weight is 599 g/mol. The van der Waals surface area contributed by atoms with E-state index in [-0.39, 0.29) is 38.0 Å². The molecule has 6 rings (SSSR count). The molecule has 3 aliphatic heterocycles. The number of imide groups is 1. The molecule has 0 unspecified atom stereocenters. The smallest absolute Gasteiger partial charge is 0.264 e. The Morgan fingerprint density at radius 2 is 1.35 bits per heavy atom. The van der Waals surface area contributed by atoms with Crippen LogP contribution in [0.2, 0.25) is 25.1 Å². The first-order valence-electron chi connectivity index (χ1n) is 10.8. The number of anilines is 1. The van der Waals surface area contributed by atoms with E-state index in [2.05, 4.69) is 0 Å². The molecule has 3 aromatic rings. The predicted octanol–water partition coefficient (Wildman–Crippen LogP) is 6.74. The van der Waals surface area contributed by atoms with Crippen LogP contribution in [-0.2, 0) is 4.79 Å². The van der Waals surface area contributed by atoms with E-state index < -0.39 is 29.8 Å². The molecular formula is C25H13Cl5N2O5. The second-order valence-corrected chi connectivity index (χ2v) is 10.5. The van der Waals surface area contributed by atoms with Gasteiger partial charge in [-0.1, -0.05) is 70.1 Å². The zero-order valence-electron chi connectivity index (χ0n) is 18.7. The third-order valence-electron chi connectivity index (χ3n) is 6.65. The van der Waals surface area contributed by atoms with Gasteiger partial charge in [-0.2, -0.15) is 0 Å². The number of aryl methyl sites for hydroxylation is 1. The second-order valence-electron chi connectivity index (χ2n) is 8.63. The maximum absolute atomic E-state index is 13.7. The Morgan fingerprint density at radius 3 is 1.97 bits per heavy atom. The number of carbonyl (C=O) groups is 3. The molecule has 0 spiro atoms. The Morgan fingerprint density at radius 1 is 0.730 bits per heavy atom. The molecule has 188 valence electrons. The van der Waals surface area contributed by atoms with Gasteiger partial charge in [-0.05, 0) is 42.3 Å². The summed E-state index contributed by atoms with van der Waals surface area (Å²) in [6, 6.07) is 8.34. The normalized spacial score (nSPS) is 20.0. The van der Waals surface area contributed by atoms with Crippen molar-refractivity contribution in [3.63, 3.8) is 0 Å². The van der Waals surface area contributed by atoms with E-state index in [1.807, 2.05) is 6.92 Å². The number of β-lactam (4-membered cyclic amide) rings is 1. The highest BCUT2D eigenvalue weighted by atomic mass is 35.5. The van der Waals surface area contributed by atoms with Gasteiger partial charge in [0.15, 0.2) is 11.5 Å².